The molecule has 5 heterocycles. The lowest BCUT2D eigenvalue weighted by Gasteiger charge is -2.28. The van der Waals surface area contributed by atoms with E-state index >= 15 is 0 Å². The Morgan fingerprint density at radius 1 is 1.18 bits per heavy atom. The van der Waals surface area contributed by atoms with Crippen molar-refractivity contribution in [3.05, 3.63) is 94.4 Å². The van der Waals surface area contributed by atoms with Crippen molar-refractivity contribution in [2.24, 2.45) is 0 Å². The number of nitrogens with zero attached hydrogens (tertiary/aromatic N) is 8. The number of methoxy groups -OCH3 is 1. The summed E-state index contributed by atoms with van der Waals surface area (Å²) >= 11 is 0. The van der Waals surface area contributed by atoms with Gasteiger partial charge in [0, 0.05) is 49.3 Å². The van der Waals surface area contributed by atoms with Crippen LogP contribution in [0, 0.1) is 17.1 Å². The summed E-state index contributed by atoms with van der Waals surface area (Å²) in [4.78, 5) is 27.9. The predicted octanol–water partition coefficient (Wildman–Crippen LogP) is 3.69. The summed E-state index contributed by atoms with van der Waals surface area (Å²) in [5, 5.41) is 13.7. The third-order valence-corrected chi connectivity index (χ3v) is 7.83. The van der Waals surface area contributed by atoms with Gasteiger partial charge >= 0.3 is 12.0 Å². The minimum Gasteiger partial charge on any atom is -0.465 e. The average molecular weight is 595 g/mol. The second-order valence-corrected chi connectivity index (χ2v) is 10.7. The maximum atomic E-state index is 14.2. The molecule has 1 atom stereocenters. The van der Waals surface area contributed by atoms with Gasteiger partial charge in [-0.3, -0.25) is 4.90 Å². The molecule has 5 aromatic rings. The highest BCUT2D eigenvalue weighted by molar-refractivity contribution is 5.93. The second kappa shape index (κ2) is 11.5. The van der Waals surface area contributed by atoms with Crippen LogP contribution in [0.15, 0.2) is 54.9 Å². The Morgan fingerprint density at radius 2 is 2.07 bits per heavy atom. The van der Waals surface area contributed by atoms with Gasteiger partial charge in [-0.2, -0.15) is 15.3 Å². The van der Waals surface area contributed by atoms with Crippen LogP contribution in [0.2, 0.25) is 0 Å². The Morgan fingerprint density at radius 3 is 2.82 bits per heavy atom. The molecule has 222 valence electrons. The van der Waals surface area contributed by atoms with Gasteiger partial charge in [0.1, 0.15) is 18.2 Å². The molecule has 2 aliphatic heterocycles. The van der Waals surface area contributed by atoms with Crippen molar-refractivity contribution >= 4 is 17.0 Å². The highest BCUT2D eigenvalue weighted by atomic mass is 19.1. The number of hydrogen-bond acceptors (Lipinski definition) is 10. The highest BCUT2D eigenvalue weighted by Gasteiger charge is 2.27. The van der Waals surface area contributed by atoms with Crippen molar-refractivity contribution in [1.82, 2.24) is 34.2 Å². The SMILES string of the molecule is COC(=O)c1ccc2nc(CN3Cc4cn(-c5ccnc(OCc6ccc(C#N)cc6F)n5)nc4C3)n(C[C@@H]3CCO3)c2c1. The van der Waals surface area contributed by atoms with Crippen LogP contribution in [-0.4, -0.2) is 60.0 Å². The topological polar surface area (TPSA) is 133 Å². The molecule has 0 bridgehead atoms. The van der Waals surface area contributed by atoms with Crippen molar-refractivity contribution in [1.29, 1.82) is 5.26 Å². The van der Waals surface area contributed by atoms with Gasteiger partial charge in [-0.1, -0.05) is 6.07 Å². The number of benzene rings is 2. The fourth-order valence-corrected chi connectivity index (χ4v) is 5.43. The normalized spacial score (nSPS) is 16.0. The van der Waals surface area contributed by atoms with Crippen molar-refractivity contribution in [3.63, 3.8) is 0 Å². The number of esters is 1. The summed E-state index contributed by atoms with van der Waals surface area (Å²) in [6, 6.07) is 13.4. The number of hydrogen-bond donors (Lipinski definition) is 0. The molecule has 0 amide bonds. The average Bonchev–Trinajstić information content (AvgIpc) is 3.69. The molecule has 13 heteroatoms. The summed E-state index contributed by atoms with van der Waals surface area (Å²) in [5.74, 6) is 0.517. The van der Waals surface area contributed by atoms with Crippen LogP contribution in [0.3, 0.4) is 0 Å². The second-order valence-electron chi connectivity index (χ2n) is 10.7. The maximum Gasteiger partial charge on any atom is 0.337 e. The molecule has 0 saturated carbocycles. The van der Waals surface area contributed by atoms with E-state index in [1.165, 1.54) is 25.3 Å². The Bertz CT molecular complexity index is 1900. The molecule has 1 fully saturated rings. The van der Waals surface area contributed by atoms with E-state index in [9.17, 15) is 9.18 Å². The van der Waals surface area contributed by atoms with Gasteiger partial charge in [-0.25, -0.2) is 23.8 Å². The molecule has 7 rings (SSSR count). The summed E-state index contributed by atoms with van der Waals surface area (Å²) in [6.45, 7) is 3.25. The van der Waals surface area contributed by atoms with Crippen LogP contribution in [0.25, 0.3) is 16.9 Å². The minimum atomic E-state index is -0.522. The summed E-state index contributed by atoms with van der Waals surface area (Å²) < 4.78 is 34.3. The van der Waals surface area contributed by atoms with Crippen LogP contribution in [0.1, 0.15) is 45.0 Å². The molecule has 0 radical (unpaired) electrons. The first-order valence-electron chi connectivity index (χ1n) is 14.1. The number of carbonyl (C=O) groups is 1. The van der Waals surface area contributed by atoms with Gasteiger partial charge in [0.25, 0.3) is 0 Å². The van der Waals surface area contributed by atoms with Gasteiger partial charge in [0.05, 0.1) is 60.2 Å². The van der Waals surface area contributed by atoms with E-state index in [1.54, 1.807) is 23.0 Å². The molecule has 2 aromatic carbocycles. The molecular formula is C31H27FN8O4. The van der Waals surface area contributed by atoms with E-state index < -0.39 is 5.82 Å². The molecule has 0 spiro atoms. The number of fused-ring (bicyclic) bond motifs is 2. The molecule has 0 unspecified atom stereocenters. The first-order valence-corrected chi connectivity index (χ1v) is 14.1. The van der Waals surface area contributed by atoms with Crippen molar-refractivity contribution in [2.45, 2.75) is 45.3 Å². The van der Waals surface area contributed by atoms with Crippen molar-refractivity contribution in [3.8, 4) is 17.9 Å². The van der Waals surface area contributed by atoms with Crippen molar-refractivity contribution in [2.75, 3.05) is 13.7 Å². The van der Waals surface area contributed by atoms with Gasteiger partial charge in [0.15, 0.2) is 5.82 Å². The van der Waals surface area contributed by atoms with Gasteiger partial charge in [0.2, 0.25) is 0 Å². The van der Waals surface area contributed by atoms with Crippen molar-refractivity contribution < 1.29 is 23.4 Å². The number of nitriles is 1. The van der Waals surface area contributed by atoms with Gasteiger partial charge < -0.3 is 18.8 Å². The van der Waals surface area contributed by atoms with E-state index in [2.05, 4.69) is 19.4 Å². The van der Waals surface area contributed by atoms with E-state index in [0.29, 0.717) is 43.1 Å². The first kappa shape index (κ1) is 27.6. The molecular weight excluding hydrogens is 567 g/mol. The monoisotopic (exact) mass is 594 g/mol. The fraction of sp³-hybridized carbons (Fsp3) is 0.290. The van der Waals surface area contributed by atoms with Crippen LogP contribution < -0.4 is 4.74 Å². The van der Waals surface area contributed by atoms with Crippen LogP contribution >= 0.6 is 0 Å². The lowest BCUT2D eigenvalue weighted by atomic mass is 10.1. The molecule has 1 saturated heterocycles. The predicted molar refractivity (Wildman–Crippen MR) is 153 cm³/mol. The summed E-state index contributed by atoms with van der Waals surface area (Å²) in [7, 11) is 1.37. The summed E-state index contributed by atoms with van der Waals surface area (Å²) in [5.41, 5.74) is 4.73. The minimum absolute atomic E-state index is 0.0762. The number of rotatable bonds is 9. The Balaban J connectivity index is 1.05. The number of ether oxygens (including phenoxy) is 3. The third kappa shape index (κ3) is 5.36. The quantitative estimate of drug-likeness (QED) is 0.233. The Hall–Kier alpha value is -5.19. The highest BCUT2D eigenvalue weighted by Crippen LogP contribution is 2.28. The van der Waals surface area contributed by atoms with E-state index in [4.69, 9.17) is 29.6 Å². The Kier molecular flexibility index (Phi) is 7.21. The van der Waals surface area contributed by atoms with Gasteiger partial charge in [-0.05, 0) is 36.8 Å². The molecule has 12 nitrogen and oxygen atoms in total. The van der Waals surface area contributed by atoms with Gasteiger partial charge in [-0.15, -0.1) is 0 Å². The number of halogens is 1. The maximum absolute atomic E-state index is 14.2. The van der Waals surface area contributed by atoms with Crippen LogP contribution in [-0.2, 0) is 42.3 Å². The zero-order chi connectivity index (χ0) is 30.2. The molecule has 0 aliphatic carbocycles. The third-order valence-electron chi connectivity index (χ3n) is 7.83. The lowest BCUT2D eigenvalue weighted by molar-refractivity contribution is -0.0592. The molecule has 2 aliphatic rings. The molecule has 3 aromatic heterocycles. The first-order chi connectivity index (χ1) is 21.5. The van der Waals surface area contributed by atoms with Crippen LogP contribution in [0.4, 0.5) is 4.39 Å². The molecule has 44 heavy (non-hydrogen) atoms. The number of imidazole rings is 1. The fourth-order valence-electron chi connectivity index (χ4n) is 5.43. The smallest absolute Gasteiger partial charge is 0.337 e. The lowest BCUT2D eigenvalue weighted by Crippen LogP contribution is -2.32. The summed E-state index contributed by atoms with van der Waals surface area (Å²) in [6.07, 6.45) is 4.61. The molecule has 0 N–H and O–H groups in total. The van der Waals surface area contributed by atoms with E-state index in [0.717, 1.165) is 41.1 Å². The number of carbonyl (C=O) groups excluding carboxylic acids is 1. The largest absolute Gasteiger partial charge is 0.465 e. The Labute approximate surface area is 251 Å². The van der Waals surface area contributed by atoms with E-state index in [-0.39, 0.29) is 30.3 Å². The zero-order valence-electron chi connectivity index (χ0n) is 23.8. The number of aromatic nitrogens is 6. The standard InChI is InChI=1S/C31H27FN8O4/c1-42-30(41)20-4-5-25-27(11-20)39(15-23-7-9-43-23)29(35-25)17-38-13-22-14-40(37-26(22)16-38)28-6-8-34-31(36-28)44-18-21-3-2-19(12-33)10-24(21)32/h2-6,8,10-11,14,23H,7,9,13,15-18H2,1H3/t23-/m0/s1. The van der Waals surface area contributed by atoms with Crippen LogP contribution in [0.5, 0.6) is 6.01 Å². The van der Waals surface area contributed by atoms with E-state index in [1.807, 2.05) is 24.4 Å². The zero-order valence-corrected chi connectivity index (χ0v) is 23.8.